The summed E-state index contributed by atoms with van der Waals surface area (Å²) < 4.78 is 7.65. The summed E-state index contributed by atoms with van der Waals surface area (Å²) in [5.74, 6) is 0.423. The number of aromatic nitrogens is 3. The van der Waals surface area contributed by atoms with Gasteiger partial charge in [0.05, 0.1) is 18.3 Å². The highest BCUT2D eigenvalue weighted by atomic mass is 16.5. The second kappa shape index (κ2) is 10.6. The zero-order valence-electron chi connectivity index (χ0n) is 17.9. The lowest BCUT2D eigenvalue weighted by Gasteiger charge is -2.13. The van der Waals surface area contributed by atoms with Crippen molar-refractivity contribution in [2.75, 3.05) is 11.9 Å². The Balaban J connectivity index is 1.18. The molecule has 3 aromatic rings. The Morgan fingerprint density at radius 1 is 1.06 bits per heavy atom. The topological polar surface area (TPSA) is 98.1 Å². The lowest BCUT2D eigenvalue weighted by molar-refractivity contribution is -0.124. The summed E-state index contributed by atoms with van der Waals surface area (Å²) >= 11 is 0. The van der Waals surface area contributed by atoms with Crippen molar-refractivity contribution in [3.8, 4) is 11.4 Å². The van der Waals surface area contributed by atoms with Gasteiger partial charge in [0.1, 0.15) is 18.4 Å². The Hall–Kier alpha value is -3.68. The van der Waals surface area contributed by atoms with Crippen LogP contribution in [-0.4, -0.2) is 39.2 Å². The van der Waals surface area contributed by atoms with Gasteiger partial charge in [0.15, 0.2) is 0 Å². The Bertz CT molecular complexity index is 1030. The first-order valence-electron chi connectivity index (χ1n) is 10.9. The Labute approximate surface area is 187 Å². The summed E-state index contributed by atoms with van der Waals surface area (Å²) in [7, 11) is 0. The molecular formula is C24H27N5O3. The number of nitrogens with one attached hydrogen (secondary N) is 2. The molecule has 4 rings (SSSR count). The molecule has 0 radical (unpaired) electrons. The van der Waals surface area contributed by atoms with Crippen LogP contribution in [0.3, 0.4) is 0 Å². The van der Waals surface area contributed by atoms with Crippen LogP contribution in [0.1, 0.15) is 37.7 Å². The fourth-order valence-electron chi connectivity index (χ4n) is 3.74. The lowest BCUT2D eigenvalue weighted by atomic mass is 10.1. The van der Waals surface area contributed by atoms with Crippen molar-refractivity contribution in [1.82, 2.24) is 20.1 Å². The lowest BCUT2D eigenvalue weighted by Crippen LogP contribution is -2.32. The molecule has 0 spiro atoms. The standard InChI is InChI=1S/C24H27N5O3/c30-23(13-8-18-4-3-7-22(14-18)32-21-5-1-2-6-21)26-15-24(31)28-19-9-11-20(12-10-19)29-17-25-16-27-29/h3-4,7,9-12,14,16-17,21H,1-2,5-6,8,13,15H2,(H,26,30)(H,28,31). The van der Waals surface area contributed by atoms with Crippen LogP contribution < -0.4 is 15.4 Å². The molecule has 8 heteroatoms. The average Bonchev–Trinajstić information content (AvgIpc) is 3.52. The van der Waals surface area contributed by atoms with E-state index in [0.717, 1.165) is 29.8 Å². The number of amides is 2. The highest BCUT2D eigenvalue weighted by Crippen LogP contribution is 2.24. The maximum absolute atomic E-state index is 12.2. The molecule has 0 aliphatic heterocycles. The number of hydrogen-bond donors (Lipinski definition) is 2. The summed E-state index contributed by atoms with van der Waals surface area (Å²) in [4.78, 5) is 28.2. The van der Waals surface area contributed by atoms with Crippen LogP contribution in [0.2, 0.25) is 0 Å². The number of rotatable bonds is 9. The number of anilines is 1. The third kappa shape index (κ3) is 6.16. The number of hydrogen-bond acceptors (Lipinski definition) is 5. The predicted molar refractivity (Wildman–Crippen MR) is 121 cm³/mol. The normalized spacial score (nSPS) is 13.6. The van der Waals surface area contributed by atoms with E-state index >= 15 is 0 Å². The van der Waals surface area contributed by atoms with Crippen molar-refractivity contribution in [3.63, 3.8) is 0 Å². The van der Waals surface area contributed by atoms with Crippen molar-refractivity contribution < 1.29 is 14.3 Å². The summed E-state index contributed by atoms with van der Waals surface area (Å²) in [6.45, 7) is -0.0749. The van der Waals surface area contributed by atoms with Gasteiger partial charge in [-0.3, -0.25) is 9.59 Å². The van der Waals surface area contributed by atoms with Crippen LogP contribution in [0.5, 0.6) is 5.75 Å². The summed E-state index contributed by atoms with van der Waals surface area (Å²) in [5, 5.41) is 9.50. The van der Waals surface area contributed by atoms with Crippen LogP contribution in [0, 0.1) is 0 Å². The van der Waals surface area contributed by atoms with Gasteiger partial charge < -0.3 is 15.4 Å². The second-order valence-corrected chi connectivity index (χ2v) is 7.88. The van der Waals surface area contributed by atoms with Crippen molar-refractivity contribution in [2.45, 2.75) is 44.6 Å². The molecule has 0 bridgehead atoms. The monoisotopic (exact) mass is 433 g/mol. The van der Waals surface area contributed by atoms with Crippen LogP contribution in [0.4, 0.5) is 5.69 Å². The van der Waals surface area contributed by atoms with E-state index in [1.165, 1.54) is 19.2 Å². The smallest absolute Gasteiger partial charge is 0.243 e. The Morgan fingerprint density at radius 2 is 1.88 bits per heavy atom. The number of ether oxygens (including phenoxy) is 1. The van der Waals surface area contributed by atoms with E-state index in [1.807, 2.05) is 36.4 Å². The molecule has 2 aromatic carbocycles. The van der Waals surface area contributed by atoms with Crippen molar-refractivity contribution in [1.29, 1.82) is 0 Å². The maximum atomic E-state index is 12.2. The van der Waals surface area contributed by atoms with Gasteiger partial charge in [-0.15, -0.1) is 0 Å². The SMILES string of the molecule is O=C(CCc1cccc(OC2CCCC2)c1)NCC(=O)Nc1ccc(-n2cncn2)cc1. The van der Waals surface area contributed by atoms with Gasteiger partial charge in [-0.1, -0.05) is 12.1 Å². The van der Waals surface area contributed by atoms with Gasteiger partial charge in [0, 0.05) is 12.1 Å². The van der Waals surface area contributed by atoms with Gasteiger partial charge >= 0.3 is 0 Å². The van der Waals surface area contributed by atoms with Crippen LogP contribution >= 0.6 is 0 Å². The van der Waals surface area contributed by atoms with Crippen molar-refractivity contribution in [2.24, 2.45) is 0 Å². The first-order valence-corrected chi connectivity index (χ1v) is 10.9. The average molecular weight is 434 g/mol. The van der Waals surface area contributed by atoms with Gasteiger partial charge in [-0.05, 0) is 74.1 Å². The molecule has 2 amide bonds. The van der Waals surface area contributed by atoms with E-state index in [0.29, 0.717) is 24.6 Å². The van der Waals surface area contributed by atoms with Gasteiger partial charge in [-0.2, -0.15) is 5.10 Å². The third-order valence-electron chi connectivity index (χ3n) is 5.42. The summed E-state index contributed by atoms with van der Waals surface area (Å²) in [6, 6.07) is 15.1. The van der Waals surface area contributed by atoms with Gasteiger partial charge in [0.25, 0.3) is 0 Å². The van der Waals surface area contributed by atoms with Crippen LogP contribution in [-0.2, 0) is 16.0 Å². The fourth-order valence-corrected chi connectivity index (χ4v) is 3.74. The zero-order chi connectivity index (χ0) is 22.2. The Kier molecular flexibility index (Phi) is 7.12. The third-order valence-corrected chi connectivity index (χ3v) is 5.42. The molecule has 1 saturated carbocycles. The molecule has 0 atom stereocenters. The Morgan fingerprint density at radius 3 is 2.62 bits per heavy atom. The van der Waals surface area contributed by atoms with E-state index in [2.05, 4.69) is 20.7 Å². The molecule has 2 N–H and O–H groups in total. The first kappa shape index (κ1) is 21.5. The molecule has 32 heavy (non-hydrogen) atoms. The van der Waals surface area contributed by atoms with Crippen LogP contribution in [0.25, 0.3) is 5.69 Å². The first-order chi connectivity index (χ1) is 15.7. The minimum atomic E-state index is -0.279. The number of carbonyl (C=O) groups is 2. The molecule has 1 aliphatic rings. The molecule has 1 fully saturated rings. The minimum Gasteiger partial charge on any atom is -0.490 e. The van der Waals surface area contributed by atoms with Gasteiger partial charge in [-0.25, -0.2) is 9.67 Å². The van der Waals surface area contributed by atoms with E-state index in [4.69, 9.17) is 4.74 Å². The van der Waals surface area contributed by atoms with E-state index in [9.17, 15) is 9.59 Å². The maximum Gasteiger partial charge on any atom is 0.243 e. The van der Waals surface area contributed by atoms with Gasteiger partial charge in [0.2, 0.25) is 11.8 Å². The van der Waals surface area contributed by atoms with E-state index in [-0.39, 0.29) is 18.4 Å². The summed E-state index contributed by atoms with van der Waals surface area (Å²) in [6.07, 6.45) is 8.96. The zero-order valence-corrected chi connectivity index (χ0v) is 17.9. The molecule has 1 aromatic heterocycles. The minimum absolute atomic E-state index is 0.0749. The molecule has 0 unspecified atom stereocenters. The highest BCUT2D eigenvalue weighted by molar-refractivity contribution is 5.94. The van der Waals surface area contributed by atoms with Crippen LogP contribution in [0.15, 0.2) is 61.2 Å². The number of aryl methyl sites for hydroxylation is 1. The molecule has 1 heterocycles. The van der Waals surface area contributed by atoms with E-state index < -0.39 is 0 Å². The van der Waals surface area contributed by atoms with Crippen molar-refractivity contribution in [3.05, 3.63) is 66.7 Å². The fraction of sp³-hybridized carbons (Fsp3) is 0.333. The number of nitrogens with zero attached hydrogens (tertiary/aromatic N) is 3. The summed E-state index contributed by atoms with van der Waals surface area (Å²) in [5.41, 5.74) is 2.53. The molecule has 1 aliphatic carbocycles. The molecule has 0 saturated heterocycles. The highest BCUT2D eigenvalue weighted by Gasteiger charge is 2.16. The van der Waals surface area contributed by atoms with Crippen molar-refractivity contribution >= 4 is 17.5 Å². The van der Waals surface area contributed by atoms with E-state index in [1.54, 1.807) is 23.1 Å². The largest absolute Gasteiger partial charge is 0.490 e. The molecular weight excluding hydrogens is 406 g/mol. The number of carbonyl (C=O) groups excluding carboxylic acids is 2. The number of benzene rings is 2. The quantitative estimate of drug-likeness (QED) is 0.540. The molecule has 166 valence electrons. The predicted octanol–water partition coefficient (Wildman–Crippen LogP) is 3.28. The molecule has 8 nitrogen and oxygen atoms in total. The second-order valence-electron chi connectivity index (χ2n) is 7.88.